The zero-order valence-electron chi connectivity index (χ0n) is 16.8. The molecule has 1 amide bonds. The number of hydrogen-bond acceptors (Lipinski definition) is 5. The SMILES string of the molecule is Cn1nncc1-c1cnc(N)c(-c2cc(F)c(C(=O)NCc3cccc(Cl)c3)c(F)c2)c1. The average Bonchev–Trinajstić information content (AvgIpc) is 3.18. The van der Waals surface area contributed by atoms with E-state index in [-0.39, 0.29) is 17.9 Å². The van der Waals surface area contributed by atoms with E-state index in [4.69, 9.17) is 17.3 Å². The molecule has 0 unspecified atom stereocenters. The number of carbonyl (C=O) groups is 1. The van der Waals surface area contributed by atoms with Crippen molar-refractivity contribution < 1.29 is 13.6 Å². The third kappa shape index (κ3) is 4.28. The lowest BCUT2D eigenvalue weighted by Crippen LogP contribution is -2.25. The summed E-state index contributed by atoms with van der Waals surface area (Å²) in [4.78, 5) is 16.5. The molecule has 0 fully saturated rings. The molecule has 0 aliphatic heterocycles. The van der Waals surface area contributed by atoms with Gasteiger partial charge in [0.1, 0.15) is 23.0 Å². The highest BCUT2D eigenvalue weighted by Gasteiger charge is 2.20. The number of halogens is 3. The van der Waals surface area contributed by atoms with E-state index in [0.717, 1.165) is 12.1 Å². The Kier molecular flexibility index (Phi) is 5.83. The van der Waals surface area contributed by atoms with Crippen LogP contribution in [-0.4, -0.2) is 25.9 Å². The number of nitrogens with zero attached hydrogens (tertiary/aromatic N) is 4. The molecule has 32 heavy (non-hydrogen) atoms. The molecule has 4 rings (SSSR count). The Hall–Kier alpha value is -3.85. The number of anilines is 1. The molecule has 0 aliphatic rings. The van der Waals surface area contributed by atoms with Crippen LogP contribution < -0.4 is 11.1 Å². The molecule has 2 aromatic carbocycles. The minimum Gasteiger partial charge on any atom is -0.383 e. The van der Waals surface area contributed by atoms with Crippen LogP contribution in [0.2, 0.25) is 5.02 Å². The lowest BCUT2D eigenvalue weighted by Gasteiger charge is -2.12. The van der Waals surface area contributed by atoms with Gasteiger partial charge >= 0.3 is 0 Å². The second-order valence-corrected chi connectivity index (χ2v) is 7.46. The van der Waals surface area contributed by atoms with Gasteiger partial charge in [0.25, 0.3) is 5.91 Å². The zero-order valence-corrected chi connectivity index (χ0v) is 17.6. The van der Waals surface area contributed by atoms with Crippen LogP contribution in [0, 0.1) is 11.6 Å². The number of rotatable bonds is 5. The first-order valence-electron chi connectivity index (χ1n) is 9.46. The van der Waals surface area contributed by atoms with Gasteiger partial charge in [-0.05, 0) is 41.5 Å². The van der Waals surface area contributed by atoms with Crippen LogP contribution in [0.4, 0.5) is 14.6 Å². The predicted octanol–water partition coefficient (Wildman–Crippen LogP) is 3.99. The van der Waals surface area contributed by atoms with E-state index in [1.807, 2.05) is 0 Å². The van der Waals surface area contributed by atoms with Gasteiger partial charge in [0.15, 0.2) is 0 Å². The lowest BCUT2D eigenvalue weighted by atomic mass is 10.0. The fraction of sp³-hybridized carbons (Fsp3) is 0.0909. The predicted molar refractivity (Wildman–Crippen MR) is 117 cm³/mol. The quantitative estimate of drug-likeness (QED) is 0.475. The summed E-state index contributed by atoms with van der Waals surface area (Å²) in [7, 11) is 1.70. The Labute approximate surface area is 186 Å². The molecule has 7 nitrogen and oxygen atoms in total. The van der Waals surface area contributed by atoms with E-state index in [9.17, 15) is 13.6 Å². The molecular formula is C22H17ClF2N6O. The van der Waals surface area contributed by atoms with Crippen LogP contribution in [0.15, 0.2) is 54.9 Å². The number of hydrogen-bond donors (Lipinski definition) is 2. The molecule has 0 atom stereocenters. The van der Waals surface area contributed by atoms with Crippen LogP contribution in [0.1, 0.15) is 15.9 Å². The van der Waals surface area contributed by atoms with Crippen molar-refractivity contribution in [1.82, 2.24) is 25.3 Å². The highest BCUT2D eigenvalue weighted by molar-refractivity contribution is 6.30. The fourth-order valence-corrected chi connectivity index (χ4v) is 3.47. The fourth-order valence-electron chi connectivity index (χ4n) is 3.26. The molecule has 2 heterocycles. The van der Waals surface area contributed by atoms with E-state index in [1.54, 1.807) is 37.4 Å². The Balaban J connectivity index is 1.63. The van der Waals surface area contributed by atoms with E-state index < -0.39 is 23.1 Å². The number of aromatic nitrogens is 4. The van der Waals surface area contributed by atoms with E-state index in [2.05, 4.69) is 20.6 Å². The van der Waals surface area contributed by atoms with Crippen LogP contribution in [0.3, 0.4) is 0 Å². The Morgan fingerprint density at radius 3 is 2.53 bits per heavy atom. The monoisotopic (exact) mass is 454 g/mol. The average molecular weight is 455 g/mol. The number of nitrogen functional groups attached to an aromatic ring is 1. The summed E-state index contributed by atoms with van der Waals surface area (Å²) in [5, 5.41) is 10.7. The Morgan fingerprint density at radius 2 is 1.88 bits per heavy atom. The molecule has 0 saturated carbocycles. The van der Waals surface area contributed by atoms with Crippen molar-refractivity contribution in [2.24, 2.45) is 7.05 Å². The molecular weight excluding hydrogens is 438 g/mol. The van der Waals surface area contributed by atoms with Crippen molar-refractivity contribution in [1.29, 1.82) is 0 Å². The summed E-state index contributed by atoms with van der Waals surface area (Å²) in [6, 6.07) is 10.5. The first-order valence-corrected chi connectivity index (χ1v) is 9.84. The van der Waals surface area contributed by atoms with E-state index in [1.165, 1.54) is 17.1 Å². The summed E-state index contributed by atoms with van der Waals surface area (Å²) in [5.74, 6) is -2.83. The maximum Gasteiger partial charge on any atom is 0.257 e. The summed E-state index contributed by atoms with van der Waals surface area (Å²) in [5.41, 5.74) is 7.69. The van der Waals surface area contributed by atoms with Crippen LogP contribution in [-0.2, 0) is 13.6 Å². The number of benzene rings is 2. The summed E-state index contributed by atoms with van der Waals surface area (Å²) in [6.07, 6.45) is 3.05. The van der Waals surface area contributed by atoms with Gasteiger partial charge in [0.2, 0.25) is 0 Å². The van der Waals surface area contributed by atoms with Gasteiger partial charge in [0.05, 0.1) is 11.9 Å². The first kappa shape index (κ1) is 21.4. The van der Waals surface area contributed by atoms with Gasteiger partial charge in [0, 0.05) is 35.9 Å². The second-order valence-electron chi connectivity index (χ2n) is 7.03. The zero-order chi connectivity index (χ0) is 22.8. The molecule has 2 aromatic heterocycles. The standard InChI is InChI=1S/C22H17ClF2N6O/c1-31-19(11-29-30-31)14-6-16(21(26)27-10-14)13-7-17(24)20(18(25)8-13)22(32)28-9-12-3-2-4-15(23)5-12/h2-8,10-11H,9H2,1H3,(H2,26,27)(H,28,32). The molecule has 0 aliphatic carbocycles. The third-order valence-electron chi connectivity index (χ3n) is 4.85. The molecule has 10 heteroatoms. The van der Waals surface area contributed by atoms with E-state index in [0.29, 0.717) is 27.4 Å². The minimum absolute atomic E-state index is 0.0671. The van der Waals surface area contributed by atoms with Crippen molar-refractivity contribution in [2.75, 3.05) is 5.73 Å². The molecule has 0 radical (unpaired) electrons. The largest absolute Gasteiger partial charge is 0.383 e. The lowest BCUT2D eigenvalue weighted by molar-refractivity contribution is 0.0942. The van der Waals surface area contributed by atoms with Gasteiger partial charge in [-0.1, -0.05) is 28.9 Å². The molecule has 0 saturated heterocycles. The van der Waals surface area contributed by atoms with Gasteiger partial charge in [-0.3, -0.25) is 4.79 Å². The Bertz CT molecular complexity index is 1300. The summed E-state index contributed by atoms with van der Waals surface area (Å²) >= 11 is 5.91. The van der Waals surface area contributed by atoms with Crippen molar-refractivity contribution in [2.45, 2.75) is 6.54 Å². The molecule has 3 N–H and O–H groups in total. The second kappa shape index (κ2) is 8.72. The normalized spacial score (nSPS) is 10.9. The van der Waals surface area contributed by atoms with Gasteiger partial charge in [-0.25, -0.2) is 18.4 Å². The van der Waals surface area contributed by atoms with Crippen molar-refractivity contribution >= 4 is 23.3 Å². The number of aryl methyl sites for hydroxylation is 1. The molecule has 0 bridgehead atoms. The van der Waals surface area contributed by atoms with Gasteiger partial charge in [-0.15, -0.1) is 5.10 Å². The maximum absolute atomic E-state index is 14.8. The summed E-state index contributed by atoms with van der Waals surface area (Å²) in [6.45, 7) is 0.0671. The maximum atomic E-state index is 14.8. The Morgan fingerprint density at radius 1 is 1.12 bits per heavy atom. The smallest absolute Gasteiger partial charge is 0.257 e. The number of nitrogens with two attached hydrogens (primary N) is 1. The topological polar surface area (TPSA) is 98.7 Å². The first-order chi connectivity index (χ1) is 15.3. The van der Waals surface area contributed by atoms with E-state index >= 15 is 0 Å². The highest BCUT2D eigenvalue weighted by atomic mass is 35.5. The van der Waals surface area contributed by atoms with Gasteiger partial charge < -0.3 is 11.1 Å². The van der Waals surface area contributed by atoms with Crippen molar-refractivity contribution in [3.63, 3.8) is 0 Å². The number of carbonyl (C=O) groups excluding carboxylic acids is 1. The van der Waals surface area contributed by atoms with Crippen molar-refractivity contribution in [3.8, 4) is 22.4 Å². The van der Waals surface area contributed by atoms with Gasteiger partial charge in [-0.2, -0.15) is 0 Å². The third-order valence-corrected chi connectivity index (χ3v) is 5.09. The molecule has 4 aromatic rings. The minimum atomic E-state index is -1.02. The number of pyridine rings is 1. The van der Waals surface area contributed by atoms with Crippen molar-refractivity contribution in [3.05, 3.63) is 82.6 Å². The molecule has 162 valence electrons. The molecule has 0 spiro atoms. The summed E-state index contributed by atoms with van der Waals surface area (Å²) < 4.78 is 31.1. The number of nitrogens with one attached hydrogen (secondary N) is 1. The highest BCUT2D eigenvalue weighted by Crippen LogP contribution is 2.31. The van der Waals surface area contributed by atoms with Crippen LogP contribution in [0.25, 0.3) is 22.4 Å². The van der Waals surface area contributed by atoms with Crippen LogP contribution in [0.5, 0.6) is 0 Å². The van der Waals surface area contributed by atoms with Crippen LogP contribution >= 0.6 is 11.6 Å². The number of amides is 1.